The molecule has 8 nitrogen and oxygen atoms in total. The Kier molecular flexibility index (Phi) is 2.63. The van der Waals surface area contributed by atoms with Gasteiger partial charge in [-0.2, -0.15) is 0 Å². The largest absolute Gasteiger partial charge is 0.350 e. The van der Waals surface area contributed by atoms with Crippen LogP contribution in [0.2, 0.25) is 0 Å². The Morgan fingerprint density at radius 2 is 2.05 bits per heavy atom. The topological polar surface area (TPSA) is 79.2 Å². The minimum Gasteiger partial charge on any atom is -0.350 e. The number of hydrogen-bond acceptors (Lipinski definition) is 5. The second kappa shape index (κ2) is 4.43. The molecule has 0 aliphatic carbocycles. The number of aromatic nitrogens is 4. The van der Waals surface area contributed by atoms with E-state index >= 15 is 0 Å². The quantitative estimate of drug-likeness (QED) is 0.850. The predicted molar refractivity (Wildman–Crippen MR) is 80.3 cm³/mol. The third-order valence-electron chi connectivity index (χ3n) is 4.58. The van der Waals surface area contributed by atoms with Crippen LogP contribution in [0.3, 0.4) is 0 Å². The van der Waals surface area contributed by atoms with Crippen molar-refractivity contribution in [3.05, 3.63) is 24.5 Å². The molecule has 0 saturated carbocycles. The number of carbonyl (C=O) groups is 1. The van der Waals surface area contributed by atoms with Crippen molar-refractivity contribution in [1.82, 2.24) is 30.0 Å². The number of likely N-dealkylation sites (N-methyl/N-ethyl adjacent to an activating group) is 1. The van der Waals surface area contributed by atoms with Gasteiger partial charge in [0.1, 0.15) is 5.69 Å². The maximum Gasteiger partial charge on any atom is 0.317 e. The molecule has 4 heterocycles. The Morgan fingerprint density at radius 1 is 1.23 bits per heavy atom. The van der Waals surface area contributed by atoms with Gasteiger partial charge in [0.2, 0.25) is 0 Å². The molecule has 0 aromatic carbocycles. The van der Waals surface area contributed by atoms with Crippen LogP contribution in [0.25, 0.3) is 11.5 Å². The van der Waals surface area contributed by atoms with Crippen LogP contribution in [0.4, 0.5) is 10.6 Å². The Hall–Kier alpha value is -2.64. The number of carbonyl (C=O) groups excluding carboxylic acids is 1. The number of rotatable bonds is 2. The van der Waals surface area contributed by atoms with Gasteiger partial charge in [-0.1, -0.05) is 0 Å². The molecule has 2 saturated heterocycles. The Balaban J connectivity index is 1.50. The first-order valence-electron chi connectivity index (χ1n) is 7.17. The van der Waals surface area contributed by atoms with E-state index in [2.05, 4.69) is 25.4 Å². The summed E-state index contributed by atoms with van der Waals surface area (Å²) in [7, 11) is 3.77. The highest BCUT2D eigenvalue weighted by molar-refractivity contribution is 5.78. The molecule has 2 aromatic rings. The second-order valence-electron chi connectivity index (χ2n) is 5.94. The molecule has 2 amide bonds. The van der Waals surface area contributed by atoms with Crippen molar-refractivity contribution < 1.29 is 4.79 Å². The predicted octanol–water partition coefficient (Wildman–Crippen LogP) is 0.0909. The van der Waals surface area contributed by atoms with Crippen molar-refractivity contribution >= 4 is 11.8 Å². The summed E-state index contributed by atoms with van der Waals surface area (Å²) in [6.07, 6.45) is 3.62. The van der Waals surface area contributed by atoms with Crippen molar-refractivity contribution in [3.8, 4) is 11.5 Å². The van der Waals surface area contributed by atoms with E-state index in [1.54, 1.807) is 11.1 Å². The third-order valence-corrected chi connectivity index (χ3v) is 4.58. The van der Waals surface area contributed by atoms with Crippen molar-refractivity contribution in [2.24, 2.45) is 7.05 Å². The lowest BCUT2D eigenvalue weighted by Crippen LogP contribution is -2.69. The zero-order valence-corrected chi connectivity index (χ0v) is 12.5. The SMILES string of the molecule is CN1C(=O)NCC12CN(c1ccc(-c3nccn3C)nn1)C2. The zero-order chi connectivity index (χ0) is 15.3. The minimum absolute atomic E-state index is 0.00383. The van der Waals surface area contributed by atoms with Gasteiger partial charge in [0, 0.05) is 46.1 Å². The zero-order valence-electron chi connectivity index (χ0n) is 12.5. The van der Waals surface area contributed by atoms with E-state index in [0.29, 0.717) is 6.54 Å². The van der Waals surface area contributed by atoms with Crippen molar-refractivity contribution in [2.75, 3.05) is 31.6 Å². The van der Waals surface area contributed by atoms with Crippen molar-refractivity contribution in [3.63, 3.8) is 0 Å². The second-order valence-corrected chi connectivity index (χ2v) is 5.94. The maximum absolute atomic E-state index is 11.6. The van der Waals surface area contributed by atoms with Crippen LogP contribution >= 0.6 is 0 Å². The smallest absolute Gasteiger partial charge is 0.317 e. The Labute approximate surface area is 127 Å². The lowest BCUT2D eigenvalue weighted by molar-refractivity contribution is 0.151. The summed E-state index contributed by atoms with van der Waals surface area (Å²) >= 11 is 0. The van der Waals surface area contributed by atoms with Gasteiger partial charge >= 0.3 is 6.03 Å². The Bertz CT molecular complexity index is 717. The highest BCUT2D eigenvalue weighted by Gasteiger charge is 2.52. The molecular formula is C14H17N7O. The molecule has 114 valence electrons. The van der Waals surface area contributed by atoms with Crippen LogP contribution in [-0.4, -0.2) is 62.9 Å². The normalized spacial score (nSPS) is 19.5. The standard InChI is InChI=1S/C14H17N7O/c1-19-6-5-15-12(19)10-3-4-11(18-17-10)21-8-14(9-21)7-16-13(22)20(14)2/h3-6H,7-9H2,1-2H3,(H,16,22). The summed E-state index contributed by atoms with van der Waals surface area (Å²) in [6.45, 7) is 2.24. The number of anilines is 1. The molecular weight excluding hydrogens is 282 g/mol. The molecule has 4 rings (SSSR count). The molecule has 2 fully saturated rings. The summed E-state index contributed by atoms with van der Waals surface area (Å²) < 4.78 is 1.91. The molecule has 0 bridgehead atoms. The summed E-state index contributed by atoms with van der Waals surface area (Å²) in [6, 6.07) is 3.88. The van der Waals surface area contributed by atoms with Crippen LogP contribution in [0.5, 0.6) is 0 Å². The fraction of sp³-hybridized carbons (Fsp3) is 0.429. The summed E-state index contributed by atoms with van der Waals surface area (Å²) in [5.41, 5.74) is 0.651. The monoisotopic (exact) mass is 299 g/mol. The van der Waals surface area contributed by atoms with Gasteiger partial charge in [0.05, 0.1) is 5.54 Å². The summed E-state index contributed by atoms with van der Waals surface area (Å²) in [5.74, 6) is 1.63. The number of aryl methyl sites for hydroxylation is 1. The van der Waals surface area contributed by atoms with Crippen molar-refractivity contribution in [2.45, 2.75) is 5.54 Å². The van der Waals surface area contributed by atoms with E-state index in [1.807, 2.05) is 37.0 Å². The Morgan fingerprint density at radius 3 is 2.59 bits per heavy atom. The van der Waals surface area contributed by atoms with Gasteiger partial charge in [-0.05, 0) is 12.1 Å². The number of hydrogen-bond donors (Lipinski definition) is 1. The fourth-order valence-electron chi connectivity index (χ4n) is 3.07. The van der Waals surface area contributed by atoms with Gasteiger partial charge in [-0.15, -0.1) is 10.2 Å². The van der Waals surface area contributed by atoms with Crippen LogP contribution < -0.4 is 10.2 Å². The molecule has 0 radical (unpaired) electrons. The van der Waals surface area contributed by atoms with E-state index in [-0.39, 0.29) is 11.6 Å². The summed E-state index contributed by atoms with van der Waals surface area (Å²) in [5, 5.41) is 11.4. The fourth-order valence-corrected chi connectivity index (χ4v) is 3.07. The van der Waals surface area contributed by atoms with Crippen molar-refractivity contribution in [1.29, 1.82) is 0 Å². The number of nitrogens with one attached hydrogen (secondary N) is 1. The molecule has 2 aromatic heterocycles. The first-order chi connectivity index (χ1) is 10.6. The van der Waals surface area contributed by atoms with E-state index in [1.165, 1.54) is 0 Å². The number of nitrogens with zero attached hydrogens (tertiary/aromatic N) is 6. The minimum atomic E-state index is -0.100. The van der Waals surface area contributed by atoms with E-state index < -0.39 is 0 Å². The molecule has 2 aliphatic rings. The van der Waals surface area contributed by atoms with Gasteiger partial charge in [0.15, 0.2) is 11.6 Å². The maximum atomic E-state index is 11.6. The van der Waals surface area contributed by atoms with E-state index in [4.69, 9.17) is 0 Å². The van der Waals surface area contributed by atoms with Gasteiger partial charge in [0.25, 0.3) is 0 Å². The summed E-state index contributed by atoms with van der Waals surface area (Å²) in [4.78, 5) is 19.8. The molecule has 1 spiro atoms. The average Bonchev–Trinajstić information content (AvgIpc) is 3.03. The lowest BCUT2D eigenvalue weighted by Gasteiger charge is -2.50. The van der Waals surface area contributed by atoms with Gasteiger partial charge in [-0.25, -0.2) is 9.78 Å². The van der Waals surface area contributed by atoms with Crippen LogP contribution in [0.1, 0.15) is 0 Å². The molecule has 0 atom stereocenters. The molecule has 0 unspecified atom stereocenters. The number of imidazole rings is 1. The molecule has 8 heteroatoms. The van der Waals surface area contributed by atoms with Gasteiger partial charge < -0.3 is 19.7 Å². The first-order valence-corrected chi connectivity index (χ1v) is 7.17. The lowest BCUT2D eigenvalue weighted by atomic mass is 9.89. The average molecular weight is 299 g/mol. The third kappa shape index (κ3) is 1.76. The number of amides is 2. The number of urea groups is 1. The van der Waals surface area contributed by atoms with Crippen LogP contribution in [0, 0.1) is 0 Å². The molecule has 22 heavy (non-hydrogen) atoms. The van der Waals surface area contributed by atoms with Crippen LogP contribution in [0.15, 0.2) is 24.5 Å². The van der Waals surface area contributed by atoms with Crippen LogP contribution in [-0.2, 0) is 7.05 Å². The highest BCUT2D eigenvalue weighted by Crippen LogP contribution is 2.32. The first kappa shape index (κ1) is 13.1. The molecule has 2 aliphatic heterocycles. The van der Waals surface area contributed by atoms with E-state index in [9.17, 15) is 4.79 Å². The molecule has 1 N–H and O–H groups in total. The van der Waals surface area contributed by atoms with E-state index in [0.717, 1.165) is 30.4 Å². The highest BCUT2D eigenvalue weighted by atomic mass is 16.2. The van der Waals surface area contributed by atoms with Gasteiger partial charge in [-0.3, -0.25) is 0 Å².